The predicted octanol–water partition coefficient (Wildman–Crippen LogP) is 2.82. The molecule has 13 heteroatoms. The number of hydrogen-bond acceptors (Lipinski definition) is 7. The van der Waals surface area contributed by atoms with Gasteiger partial charge in [0, 0.05) is 16.3 Å². The van der Waals surface area contributed by atoms with Crippen molar-refractivity contribution in [2.45, 2.75) is 27.0 Å². The number of nitrogens with zero attached hydrogens (tertiary/aromatic N) is 3. The highest BCUT2D eigenvalue weighted by Gasteiger charge is 2.21. The lowest BCUT2D eigenvalue weighted by Gasteiger charge is -2.06. The van der Waals surface area contributed by atoms with Crippen LogP contribution >= 0.6 is 11.3 Å². The minimum atomic E-state index is -3.85. The van der Waals surface area contributed by atoms with Crippen molar-refractivity contribution in [1.82, 2.24) is 5.32 Å². The molecule has 2 aromatic rings. The summed E-state index contributed by atoms with van der Waals surface area (Å²) in [7, 11) is -7.47. The van der Waals surface area contributed by atoms with Gasteiger partial charge in [0.1, 0.15) is 4.21 Å². The van der Waals surface area contributed by atoms with Crippen molar-refractivity contribution in [2.24, 2.45) is 5.11 Å². The third kappa shape index (κ3) is 5.45. The van der Waals surface area contributed by atoms with Gasteiger partial charge in [0.15, 0.2) is 9.84 Å². The fourth-order valence-electron chi connectivity index (χ4n) is 2.19. The van der Waals surface area contributed by atoms with Crippen LogP contribution in [-0.2, 0) is 26.2 Å². The van der Waals surface area contributed by atoms with Gasteiger partial charge in [0.05, 0.1) is 22.1 Å². The van der Waals surface area contributed by atoms with E-state index in [0.29, 0.717) is 4.88 Å². The molecule has 2 rings (SSSR count). The van der Waals surface area contributed by atoms with E-state index < -0.39 is 25.8 Å². The summed E-state index contributed by atoms with van der Waals surface area (Å²) in [6.07, 6.45) is -1.05. The van der Waals surface area contributed by atoms with Gasteiger partial charge in [-0.2, -0.15) is 0 Å². The Morgan fingerprint density at radius 1 is 1.11 bits per heavy atom. The van der Waals surface area contributed by atoms with Crippen molar-refractivity contribution in [3.63, 3.8) is 0 Å². The number of hydrogen-bond donors (Lipinski definition) is 2. The highest BCUT2D eigenvalue weighted by atomic mass is 32.2. The van der Waals surface area contributed by atoms with E-state index in [1.165, 1.54) is 36.4 Å². The summed E-state index contributed by atoms with van der Waals surface area (Å²) < 4.78 is 49.8. The zero-order chi connectivity index (χ0) is 20.8. The van der Waals surface area contributed by atoms with E-state index in [2.05, 4.69) is 15.3 Å². The molecule has 1 amide bonds. The summed E-state index contributed by atoms with van der Waals surface area (Å²) in [5, 5.41) is 14.0. The number of carbonyl (C=O) groups is 1. The van der Waals surface area contributed by atoms with Crippen LogP contribution in [0.15, 0.2) is 55.5 Å². The maximum absolute atomic E-state index is 12.7. The molecule has 10 nitrogen and oxygen atoms in total. The lowest BCUT2D eigenvalue weighted by molar-refractivity contribution is 0.194. The maximum Gasteiger partial charge on any atom is 0.404 e. The predicted molar refractivity (Wildman–Crippen MR) is 102 cm³/mol. The summed E-state index contributed by atoms with van der Waals surface area (Å²) in [4.78, 5) is 13.5. The Balaban J connectivity index is 2.17. The molecule has 0 aliphatic carbocycles. The molecule has 0 atom stereocenters. The average molecular weight is 445 g/mol. The first kappa shape index (κ1) is 21.7. The van der Waals surface area contributed by atoms with Crippen molar-refractivity contribution < 1.29 is 26.7 Å². The van der Waals surface area contributed by atoms with Gasteiger partial charge in [-0.05, 0) is 48.4 Å². The molecule has 0 spiro atoms. The molecule has 0 saturated carbocycles. The number of thiophene rings is 1. The fourth-order valence-corrected chi connectivity index (χ4v) is 6.18. The zero-order valence-corrected chi connectivity index (χ0v) is 16.8. The highest BCUT2D eigenvalue weighted by Crippen LogP contribution is 2.28. The number of sulfone groups is 2. The summed E-state index contributed by atoms with van der Waals surface area (Å²) in [6.45, 7) is 0.0438. The first-order valence-corrected chi connectivity index (χ1v) is 11.8. The summed E-state index contributed by atoms with van der Waals surface area (Å²) in [5.74, 6) is -0.219. The van der Waals surface area contributed by atoms with Crippen LogP contribution in [0.5, 0.6) is 0 Å². The van der Waals surface area contributed by atoms with Crippen LogP contribution in [-0.4, -0.2) is 40.3 Å². The molecule has 1 heterocycles. The van der Waals surface area contributed by atoms with Crippen molar-refractivity contribution in [3.05, 3.63) is 51.7 Å². The van der Waals surface area contributed by atoms with E-state index >= 15 is 0 Å². The average Bonchev–Trinajstić information content (AvgIpc) is 3.14. The summed E-state index contributed by atoms with van der Waals surface area (Å²) in [5.41, 5.74) is 8.19. The number of amides is 1. The van der Waals surface area contributed by atoms with Gasteiger partial charge >= 0.3 is 6.09 Å². The molecule has 0 fully saturated rings. The first-order valence-electron chi connectivity index (χ1n) is 7.81. The summed E-state index contributed by atoms with van der Waals surface area (Å²) in [6, 6.07) is 7.75. The molecule has 150 valence electrons. The topological polar surface area (TPSA) is 166 Å². The van der Waals surface area contributed by atoms with Crippen LogP contribution in [0.25, 0.3) is 10.4 Å². The van der Waals surface area contributed by atoms with E-state index in [1.807, 2.05) is 0 Å². The van der Waals surface area contributed by atoms with E-state index in [9.17, 15) is 21.6 Å². The van der Waals surface area contributed by atoms with Crippen LogP contribution < -0.4 is 5.32 Å². The van der Waals surface area contributed by atoms with Crippen molar-refractivity contribution in [3.8, 4) is 0 Å². The van der Waals surface area contributed by atoms with Gasteiger partial charge in [0.25, 0.3) is 0 Å². The zero-order valence-electron chi connectivity index (χ0n) is 14.3. The first-order chi connectivity index (χ1) is 13.2. The SMILES string of the molecule is [N-]=[N+]=NCCCS(=O)(=O)c1ccc(S(=O)(=O)c2ccc(CNC(=O)O)s2)cc1. The Morgan fingerprint density at radius 3 is 2.36 bits per heavy atom. The van der Waals surface area contributed by atoms with Crippen LogP contribution in [0, 0.1) is 0 Å². The smallest absolute Gasteiger partial charge is 0.404 e. The largest absolute Gasteiger partial charge is 0.465 e. The third-order valence-corrected chi connectivity index (χ3v) is 8.71. The third-order valence-electron chi connectivity index (χ3n) is 3.54. The lowest BCUT2D eigenvalue weighted by Crippen LogP contribution is -2.19. The van der Waals surface area contributed by atoms with Crippen LogP contribution in [0.1, 0.15) is 11.3 Å². The Hall–Kier alpha value is -2.60. The molecular weight excluding hydrogens is 428 g/mol. The molecular formula is C15H16N4O6S3. The quantitative estimate of drug-likeness (QED) is 0.261. The molecule has 1 aromatic heterocycles. The number of nitrogens with one attached hydrogen (secondary N) is 1. The molecule has 0 unspecified atom stereocenters. The van der Waals surface area contributed by atoms with Gasteiger partial charge < -0.3 is 10.4 Å². The van der Waals surface area contributed by atoms with Crippen LogP contribution in [0.2, 0.25) is 0 Å². The van der Waals surface area contributed by atoms with Crippen LogP contribution in [0.3, 0.4) is 0 Å². The van der Waals surface area contributed by atoms with E-state index in [4.69, 9.17) is 10.6 Å². The molecule has 0 bridgehead atoms. The standard InChI is InChI=1S/C15H16N4O6S3/c16-19-18-8-1-9-27(22,23)12-3-5-13(6-4-12)28(24,25)14-7-2-11(26-14)10-17-15(20)21/h2-7,17H,1,8-10H2,(H,20,21). The highest BCUT2D eigenvalue weighted by molar-refractivity contribution is 7.93. The second-order valence-electron chi connectivity index (χ2n) is 5.48. The van der Waals surface area contributed by atoms with E-state index in [0.717, 1.165) is 11.3 Å². The number of benzene rings is 1. The van der Waals surface area contributed by atoms with Gasteiger partial charge in [0.2, 0.25) is 9.84 Å². The molecule has 1 aromatic carbocycles. The molecule has 0 aliphatic heterocycles. The van der Waals surface area contributed by atoms with Gasteiger partial charge in [-0.25, -0.2) is 21.6 Å². The molecule has 0 saturated heterocycles. The normalized spacial score (nSPS) is 11.6. The minimum Gasteiger partial charge on any atom is -0.465 e. The summed E-state index contributed by atoms with van der Waals surface area (Å²) >= 11 is 0.930. The molecule has 0 radical (unpaired) electrons. The lowest BCUT2D eigenvalue weighted by atomic mass is 10.4. The van der Waals surface area contributed by atoms with Gasteiger partial charge in [-0.3, -0.25) is 0 Å². The van der Waals surface area contributed by atoms with Crippen molar-refractivity contribution >= 4 is 37.1 Å². The second kappa shape index (κ2) is 9.06. The Bertz CT molecular complexity index is 1100. The van der Waals surface area contributed by atoms with Gasteiger partial charge in [-0.15, -0.1) is 11.3 Å². The molecule has 2 N–H and O–H groups in total. The Morgan fingerprint density at radius 2 is 1.75 bits per heavy atom. The number of rotatable bonds is 9. The molecule has 0 aliphatic rings. The van der Waals surface area contributed by atoms with Crippen molar-refractivity contribution in [2.75, 3.05) is 12.3 Å². The maximum atomic E-state index is 12.7. The second-order valence-corrected chi connectivity index (χ2v) is 10.9. The monoisotopic (exact) mass is 444 g/mol. The van der Waals surface area contributed by atoms with Crippen LogP contribution in [0.4, 0.5) is 4.79 Å². The fraction of sp³-hybridized carbons (Fsp3) is 0.267. The van der Waals surface area contributed by atoms with E-state index in [-0.39, 0.29) is 39.3 Å². The minimum absolute atomic E-state index is 0.0114. The Kier molecular flexibility index (Phi) is 7.02. The molecule has 28 heavy (non-hydrogen) atoms. The Labute approximate surface area is 165 Å². The number of carboxylic acid groups (broad SMARTS) is 1. The van der Waals surface area contributed by atoms with Crippen molar-refractivity contribution in [1.29, 1.82) is 0 Å². The van der Waals surface area contributed by atoms with E-state index in [1.54, 1.807) is 0 Å². The number of azide groups is 1. The van der Waals surface area contributed by atoms with Gasteiger partial charge in [-0.1, -0.05) is 5.11 Å².